The summed E-state index contributed by atoms with van der Waals surface area (Å²) in [4.78, 5) is 2.29. The highest BCUT2D eigenvalue weighted by atomic mass is 79.9. The van der Waals surface area contributed by atoms with E-state index in [1.54, 1.807) is 0 Å². The largest absolute Gasteiger partial charge is 0.372 e. The summed E-state index contributed by atoms with van der Waals surface area (Å²) in [6.45, 7) is 2.93. The summed E-state index contributed by atoms with van der Waals surface area (Å²) in [6, 6.07) is 8.34. The van der Waals surface area contributed by atoms with Crippen LogP contribution in [0.3, 0.4) is 0 Å². The first-order valence-corrected chi connectivity index (χ1v) is 5.58. The van der Waals surface area contributed by atoms with Crippen LogP contribution in [0.1, 0.15) is 5.56 Å². The Morgan fingerprint density at radius 1 is 1.50 bits per heavy atom. The smallest absolute Gasteiger partial charge is 0.0936 e. The Morgan fingerprint density at radius 3 is 2.86 bits per heavy atom. The van der Waals surface area contributed by atoms with Gasteiger partial charge in [0.1, 0.15) is 0 Å². The van der Waals surface area contributed by atoms with E-state index >= 15 is 0 Å². The van der Waals surface area contributed by atoms with Crippen molar-refractivity contribution < 1.29 is 4.74 Å². The van der Waals surface area contributed by atoms with E-state index < -0.39 is 0 Å². The number of rotatable bonds is 4. The van der Waals surface area contributed by atoms with Crippen LogP contribution in [0.15, 0.2) is 28.7 Å². The Hall–Kier alpha value is -0.380. The fourth-order valence-corrected chi connectivity index (χ4v) is 1.91. The minimum atomic E-state index is 0.475. The average Bonchev–Trinajstić information content (AvgIpc) is 2.93. The minimum Gasteiger partial charge on any atom is -0.372 e. The topological polar surface area (TPSA) is 15.8 Å². The van der Waals surface area contributed by atoms with E-state index in [0.29, 0.717) is 6.10 Å². The molecule has 1 aliphatic rings. The van der Waals surface area contributed by atoms with Gasteiger partial charge in [0.2, 0.25) is 0 Å². The van der Waals surface area contributed by atoms with Gasteiger partial charge < -0.3 is 4.74 Å². The molecule has 0 bridgehead atoms. The molecular formula is C11H14BrNO. The zero-order valence-corrected chi connectivity index (χ0v) is 9.83. The highest BCUT2D eigenvalue weighted by Crippen LogP contribution is 2.18. The van der Waals surface area contributed by atoms with Gasteiger partial charge >= 0.3 is 0 Å². The van der Waals surface area contributed by atoms with Crippen LogP contribution in [-0.2, 0) is 11.3 Å². The molecule has 14 heavy (non-hydrogen) atoms. The van der Waals surface area contributed by atoms with Crippen molar-refractivity contribution in [2.24, 2.45) is 0 Å². The van der Waals surface area contributed by atoms with Gasteiger partial charge in [-0.05, 0) is 18.7 Å². The van der Waals surface area contributed by atoms with E-state index in [-0.39, 0.29) is 0 Å². The van der Waals surface area contributed by atoms with Crippen LogP contribution in [0, 0.1) is 0 Å². The van der Waals surface area contributed by atoms with Crippen LogP contribution in [0.4, 0.5) is 0 Å². The number of benzene rings is 1. The number of epoxide rings is 1. The summed E-state index contributed by atoms with van der Waals surface area (Å²) < 4.78 is 6.38. The van der Waals surface area contributed by atoms with Crippen LogP contribution < -0.4 is 0 Å². The quantitative estimate of drug-likeness (QED) is 0.768. The second kappa shape index (κ2) is 4.43. The Labute approximate surface area is 93.0 Å². The Bertz CT molecular complexity index is 312. The van der Waals surface area contributed by atoms with Gasteiger partial charge in [-0.1, -0.05) is 34.1 Å². The number of halogens is 1. The van der Waals surface area contributed by atoms with Gasteiger partial charge in [0.15, 0.2) is 0 Å². The number of hydrogen-bond acceptors (Lipinski definition) is 2. The summed E-state index contributed by atoms with van der Waals surface area (Å²) in [5.74, 6) is 0. The van der Waals surface area contributed by atoms with Gasteiger partial charge in [-0.25, -0.2) is 0 Å². The maximum Gasteiger partial charge on any atom is 0.0936 e. The number of likely N-dealkylation sites (N-methyl/N-ethyl adjacent to an activating group) is 1. The molecule has 0 unspecified atom stereocenters. The Balaban J connectivity index is 1.91. The molecule has 0 amide bonds. The second-order valence-corrected chi connectivity index (χ2v) is 4.60. The molecule has 0 radical (unpaired) electrons. The van der Waals surface area contributed by atoms with Crippen LogP contribution in [-0.4, -0.2) is 31.2 Å². The maximum atomic E-state index is 5.19. The third kappa shape index (κ3) is 2.80. The Morgan fingerprint density at radius 2 is 2.21 bits per heavy atom. The second-order valence-electron chi connectivity index (χ2n) is 3.74. The molecule has 3 heteroatoms. The van der Waals surface area contributed by atoms with Gasteiger partial charge in [-0.2, -0.15) is 0 Å². The highest BCUT2D eigenvalue weighted by molar-refractivity contribution is 9.10. The van der Waals surface area contributed by atoms with Crippen LogP contribution >= 0.6 is 15.9 Å². The van der Waals surface area contributed by atoms with E-state index in [1.807, 2.05) is 6.07 Å². The van der Waals surface area contributed by atoms with Crippen molar-refractivity contribution in [2.45, 2.75) is 12.6 Å². The average molecular weight is 256 g/mol. The molecule has 76 valence electrons. The van der Waals surface area contributed by atoms with Crippen LogP contribution in [0.5, 0.6) is 0 Å². The third-order valence-corrected chi connectivity index (χ3v) is 3.09. The first-order valence-electron chi connectivity index (χ1n) is 4.79. The molecule has 0 saturated carbocycles. The number of nitrogens with zero attached hydrogens (tertiary/aromatic N) is 1. The molecule has 1 aromatic rings. The fraction of sp³-hybridized carbons (Fsp3) is 0.455. The van der Waals surface area contributed by atoms with E-state index in [2.05, 4.69) is 46.1 Å². The highest BCUT2D eigenvalue weighted by Gasteiger charge is 2.23. The van der Waals surface area contributed by atoms with Crippen LogP contribution in [0.25, 0.3) is 0 Å². The molecule has 0 spiro atoms. The van der Waals surface area contributed by atoms with E-state index in [4.69, 9.17) is 4.74 Å². The molecule has 0 aromatic heterocycles. The van der Waals surface area contributed by atoms with Crippen molar-refractivity contribution in [3.05, 3.63) is 34.3 Å². The fourth-order valence-electron chi connectivity index (χ4n) is 1.50. The maximum absolute atomic E-state index is 5.19. The number of ether oxygens (including phenoxy) is 1. The van der Waals surface area contributed by atoms with Crippen molar-refractivity contribution >= 4 is 15.9 Å². The molecule has 0 aliphatic carbocycles. The van der Waals surface area contributed by atoms with Crippen molar-refractivity contribution in [3.8, 4) is 0 Å². The molecule has 2 rings (SSSR count). The lowest BCUT2D eigenvalue weighted by atomic mass is 10.2. The molecular weight excluding hydrogens is 242 g/mol. The lowest BCUT2D eigenvalue weighted by molar-refractivity contribution is 0.278. The SMILES string of the molecule is CN(Cc1ccccc1Br)C[C@H]1CO1. The van der Waals surface area contributed by atoms with Gasteiger partial charge in [0.05, 0.1) is 12.7 Å². The molecule has 2 nitrogen and oxygen atoms in total. The van der Waals surface area contributed by atoms with Crippen molar-refractivity contribution in [2.75, 3.05) is 20.2 Å². The predicted molar refractivity (Wildman–Crippen MR) is 60.2 cm³/mol. The van der Waals surface area contributed by atoms with Crippen molar-refractivity contribution in [1.82, 2.24) is 4.90 Å². The lowest BCUT2D eigenvalue weighted by Crippen LogP contribution is -2.22. The van der Waals surface area contributed by atoms with E-state index in [9.17, 15) is 0 Å². The molecule has 1 atom stereocenters. The summed E-state index contributed by atoms with van der Waals surface area (Å²) >= 11 is 3.55. The van der Waals surface area contributed by atoms with Gasteiger partial charge in [-0.15, -0.1) is 0 Å². The first kappa shape index (κ1) is 10.1. The summed E-state index contributed by atoms with van der Waals surface area (Å²) in [7, 11) is 2.13. The zero-order valence-electron chi connectivity index (χ0n) is 8.24. The molecule has 1 aliphatic heterocycles. The molecule has 1 fully saturated rings. The van der Waals surface area contributed by atoms with E-state index in [0.717, 1.165) is 19.7 Å². The van der Waals surface area contributed by atoms with Gasteiger partial charge in [0.25, 0.3) is 0 Å². The normalized spacial score (nSPS) is 20.1. The predicted octanol–water partition coefficient (Wildman–Crippen LogP) is 2.28. The van der Waals surface area contributed by atoms with Gasteiger partial charge in [-0.3, -0.25) is 4.90 Å². The van der Waals surface area contributed by atoms with Crippen LogP contribution in [0.2, 0.25) is 0 Å². The minimum absolute atomic E-state index is 0.475. The van der Waals surface area contributed by atoms with E-state index in [1.165, 1.54) is 10.0 Å². The molecule has 1 heterocycles. The first-order chi connectivity index (χ1) is 6.75. The summed E-state index contributed by atoms with van der Waals surface area (Å²) in [5, 5.41) is 0. The summed E-state index contributed by atoms with van der Waals surface area (Å²) in [6.07, 6.45) is 0.475. The molecule has 1 saturated heterocycles. The number of hydrogen-bond donors (Lipinski definition) is 0. The molecule has 1 aromatic carbocycles. The summed E-state index contributed by atoms with van der Waals surface area (Å²) in [5.41, 5.74) is 1.33. The standard InChI is InChI=1S/C11H14BrNO/c1-13(7-10-8-14-10)6-9-4-2-3-5-11(9)12/h2-5,10H,6-8H2,1H3/t10-/m0/s1. The monoisotopic (exact) mass is 255 g/mol. The third-order valence-electron chi connectivity index (χ3n) is 2.32. The zero-order chi connectivity index (χ0) is 9.97. The van der Waals surface area contributed by atoms with Crippen molar-refractivity contribution in [3.63, 3.8) is 0 Å². The molecule has 0 N–H and O–H groups in total. The lowest BCUT2D eigenvalue weighted by Gasteiger charge is -2.15. The van der Waals surface area contributed by atoms with Crippen molar-refractivity contribution in [1.29, 1.82) is 0 Å². The van der Waals surface area contributed by atoms with Gasteiger partial charge in [0, 0.05) is 17.6 Å². The Kier molecular flexibility index (Phi) is 3.21.